The highest BCUT2D eigenvalue weighted by Gasteiger charge is 2.25. The Balaban J connectivity index is 0.00000196. The van der Waals surface area contributed by atoms with Crippen LogP contribution in [0.15, 0.2) is 18.2 Å². The summed E-state index contributed by atoms with van der Waals surface area (Å²) in [7, 11) is 0. The van der Waals surface area contributed by atoms with Gasteiger partial charge in [-0.2, -0.15) is 0 Å². The molecule has 0 aliphatic carbocycles. The van der Waals surface area contributed by atoms with E-state index in [9.17, 15) is 4.79 Å². The van der Waals surface area contributed by atoms with Gasteiger partial charge in [0.15, 0.2) is 0 Å². The van der Waals surface area contributed by atoms with Gasteiger partial charge in [0.25, 0.3) is 0 Å². The Morgan fingerprint density at radius 3 is 3.08 bits per heavy atom. The van der Waals surface area contributed by atoms with Crippen molar-refractivity contribution in [2.45, 2.75) is 44.7 Å². The molecule has 144 valence electrons. The Bertz CT molecular complexity index is 619. The van der Waals surface area contributed by atoms with Gasteiger partial charge in [-0.3, -0.25) is 9.69 Å². The first kappa shape index (κ1) is 19.5. The number of benzene rings is 1. The van der Waals surface area contributed by atoms with E-state index in [0.717, 1.165) is 64.3 Å². The number of nitrogens with zero attached hydrogens (tertiary/aromatic N) is 1. The summed E-state index contributed by atoms with van der Waals surface area (Å²) in [5.41, 5.74) is 2.73. The zero-order valence-corrected chi connectivity index (χ0v) is 16.2. The second kappa shape index (κ2) is 9.07. The lowest BCUT2D eigenvalue weighted by molar-refractivity contribution is -0.123. The molecule has 0 bridgehead atoms. The molecule has 2 fully saturated rings. The van der Waals surface area contributed by atoms with Crippen molar-refractivity contribution in [1.82, 2.24) is 15.5 Å². The minimum absolute atomic E-state index is 0. The van der Waals surface area contributed by atoms with Crippen LogP contribution in [0.5, 0.6) is 5.75 Å². The van der Waals surface area contributed by atoms with Crippen LogP contribution in [0, 0.1) is 5.92 Å². The molecule has 3 aliphatic rings. The molecular weight excluding hydrogens is 350 g/mol. The van der Waals surface area contributed by atoms with Gasteiger partial charge in [-0.1, -0.05) is 12.1 Å². The second-order valence-corrected chi connectivity index (χ2v) is 7.68. The quantitative estimate of drug-likeness (QED) is 0.822. The van der Waals surface area contributed by atoms with Crippen LogP contribution in [0.2, 0.25) is 0 Å². The highest BCUT2D eigenvalue weighted by atomic mass is 35.5. The fourth-order valence-electron chi connectivity index (χ4n) is 4.33. The minimum Gasteiger partial charge on any atom is -0.493 e. The van der Waals surface area contributed by atoms with E-state index < -0.39 is 0 Å². The molecule has 1 aromatic carbocycles. The predicted molar refractivity (Wildman–Crippen MR) is 105 cm³/mol. The summed E-state index contributed by atoms with van der Waals surface area (Å²) in [6, 6.07) is 6.66. The standard InChI is InChI=1S/C20H29N3O2.ClH/c24-20(18-4-1-8-21-18)22-12-16-3-2-9-23(14-16)13-15-5-6-19-17(11-15)7-10-25-19;/h5-6,11,16,18,21H,1-4,7-10,12-14H2,(H,22,24);1H. The number of nitrogens with one attached hydrogen (secondary N) is 2. The topological polar surface area (TPSA) is 53.6 Å². The first-order valence-corrected chi connectivity index (χ1v) is 9.76. The number of halogens is 1. The zero-order valence-electron chi connectivity index (χ0n) is 15.3. The van der Waals surface area contributed by atoms with Gasteiger partial charge in [-0.05, 0) is 61.9 Å². The highest BCUT2D eigenvalue weighted by molar-refractivity contribution is 5.85. The molecule has 1 aromatic rings. The maximum Gasteiger partial charge on any atom is 0.237 e. The van der Waals surface area contributed by atoms with Crippen LogP contribution in [-0.4, -0.2) is 49.6 Å². The van der Waals surface area contributed by atoms with Gasteiger partial charge in [0, 0.05) is 26.1 Å². The third kappa shape index (κ3) is 4.70. The van der Waals surface area contributed by atoms with Crippen molar-refractivity contribution in [3.05, 3.63) is 29.3 Å². The highest BCUT2D eigenvalue weighted by Crippen LogP contribution is 2.27. The van der Waals surface area contributed by atoms with E-state index >= 15 is 0 Å². The maximum absolute atomic E-state index is 12.2. The third-order valence-electron chi connectivity index (χ3n) is 5.70. The van der Waals surface area contributed by atoms with Crippen LogP contribution in [0.3, 0.4) is 0 Å². The Kier molecular flexibility index (Phi) is 6.79. The molecule has 0 aromatic heterocycles. The average molecular weight is 380 g/mol. The van der Waals surface area contributed by atoms with Crippen LogP contribution in [0.1, 0.15) is 36.8 Å². The molecule has 3 heterocycles. The fourth-order valence-corrected chi connectivity index (χ4v) is 4.33. The van der Waals surface area contributed by atoms with Gasteiger partial charge < -0.3 is 15.4 Å². The Morgan fingerprint density at radius 2 is 2.23 bits per heavy atom. The number of ether oxygens (including phenoxy) is 1. The molecule has 2 unspecified atom stereocenters. The molecule has 5 nitrogen and oxygen atoms in total. The van der Waals surface area contributed by atoms with Crippen LogP contribution in [0.25, 0.3) is 0 Å². The maximum atomic E-state index is 12.2. The summed E-state index contributed by atoms with van der Waals surface area (Å²) in [6.45, 7) is 5.84. The van der Waals surface area contributed by atoms with Crippen molar-refractivity contribution in [3.8, 4) is 5.75 Å². The second-order valence-electron chi connectivity index (χ2n) is 7.68. The smallest absolute Gasteiger partial charge is 0.237 e. The number of likely N-dealkylation sites (tertiary alicyclic amines) is 1. The summed E-state index contributed by atoms with van der Waals surface area (Å²) in [5.74, 6) is 1.81. The first-order valence-electron chi connectivity index (χ1n) is 9.76. The Hall–Kier alpha value is -1.30. The van der Waals surface area contributed by atoms with E-state index in [0.29, 0.717) is 5.92 Å². The molecular formula is C20H30ClN3O2. The number of amides is 1. The van der Waals surface area contributed by atoms with Crippen molar-refractivity contribution >= 4 is 18.3 Å². The summed E-state index contributed by atoms with van der Waals surface area (Å²) in [6.07, 6.45) is 5.56. The summed E-state index contributed by atoms with van der Waals surface area (Å²) >= 11 is 0. The SMILES string of the molecule is Cl.O=C(NCC1CCCN(Cc2ccc3c(c2)CCO3)C1)C1CCCN1. The minimum atomic E-state index is 0. The molecule has 3 aliphatic heterocycles. The normalized spacial score (nSPS) is 25.2. The van der Waals surface area contributed by atoms with E-state index in [1.165, 1.54) is 24.0 Å². The average Bonchev–Trinajstić information content (AvgIpc) is 3.31. The molecule has 0 saturated carbocycles. The number of piperidine rings is 1. The Morgan fingerprint density at radius 1 is 1.31 bits per heavy atom. The van der Waals surface area contributed by atoms with Crippen molar-refractivity contribution in [1.29, 1.82) is 0 Å². The molecule has 0 spiro atoms. The molecule has 2 saturated heterocycles. The van der Waals surface area contributed by atoms with E-state index in [2.05, 4.69) is 33.7 Å². The lowest BCUT2D eigenvalue weighted by Crippen LogP contribution is -2.45. The zero-order chi connectivity index (χ0) is 17.1. The van der Waals surface area contributed by atoms with Gasteiger partial charge in [-0.25, -0.2) is 0 Å². The number of rotatable bonds is 5. The summed E-state index contributed by atoms with van der Waals surface area (Å²) in [4.78, 5) is 14.7. The predicted octanol–water partition coefficient (Wildman–Crippen LogP) is 2.12. The summed E-state index contributed by atoms with van der Waals surface area (Å²) in [5, 5.41) is 6.44. The van der Waals surface area contributed by atoms with E-state index in [1.54, 1.807) is 0 Å². The molecule has 2 N–H and O–H groups in total. The van der Waals surface area contributed by atoms with Crippen molar-refractivity contribution in [2.75, 3.05) is 32.8 Å². The van der Waals surface area contributed by atoms with Gasteiger partial charge in [0.05, 0.1) is 12.6 Å². The van der Waals surface area contributed by atoms with Crippen molar-refractivity contribution in [2.24, 2.45) is 5.92 Å². The van der Waals surface area contributed by atoms with Crippen molar-refractivity contribution in [3.63, 3.8) is 0 Å². The number of hydrogen-bond acceptors (Lipinski definition) is 4. The lowest BCUT2D eigenvalue weighted by atomic mass is 9.97. The van der Waals surface area contributed by atoms with Gasteiger partial charge in [0.1, 0.15) is 5.75 Å². The third-order valence-corrected chi connectivity index (χ3v) is 5.70. The fraction of sp³-hybridized carbons (Fsp3) is 0.650. The Labute approximate surface area is 162 Å². The number of hydrogen-bond donors (Lipinski definition) is 2. The van der Waals surface area contributed by atoms with E-state index in [-0.39, 0.29) is 24.4 Å². The largest absolute Gasteiger partial charge is 0.493 e. The van der Waals surface area contributed by atoms with Crippen LogP contribution in [-0.2, 0) is 17.8 Å². The lowest BCUT2D eigenvalue weighted by Gasteiger charge is -2.33. The molecule has 0 radical (unpaired) electrons. The van der Waals surface area contributed by atoms with Crippen LogP contribution >= 0.6 is 12.4 Å². The molecule has 6 heteroatoms. The number of carbonyl (C=O) groups excluding carboxylic acids is 1. The molecule has 26 heavy (non-hydrogen) atoms. The summed E-state index contributed by atoms with van der Waals surface area (Å²) < 4.78 is 5.60. The van der Waals surface area contributed by atoms with Crippen LogP contribution in [0.4, 0.5) is 0 Å². The van der Waals surface area contributed by atoms with Crippen molar-refractivity contribution < 1.29 is 9.53 Å². The van der Waals surface area contributed by atoms with Crippen LogP contribution < -0.4 is 15.4 Å². The number of carbonyl (C=O) groups is 1. The molecule has 2 atom stereocenters. The molecule has 4 rings (SSSR count). The van der Waals surface area contributed by atoms with Gasteiger partial charge in [0.2, 0.25) is 5.91 Å². The van der Waals surface area contributed by atoms with E-state index in [1.807, 2.05) is 0 Å². The van der Waals surface area contributed by atoms with E-state index in [4.69, 9.17) is 4.74 Å². The monoisotopic (exact) mass is 379 g/mol. The van der Waals surface area contributed by atoms with Gasteiger partial charge in [-0.15, -0.1) is 12.4 Å². The molecule has 1 amide bonds. The van der Waals surface area contributed by atoms with Gasteiger partial charge >= 0.3 is 0 Å². The number of fused-ring (bicyclic) bond motifs is 1. The first-order chi connectivity index (χ1) is 12.3.